The van der Waals surface area contributed by atoms with Gasteiger partial charge in [0.15, 0.2) is 0 Å². The monoisotopic (exact) mass is 276 g/mol. The van der Waals surface area contributed by atoms with Crippen LogP contribution < -0.4 is 15.5 Å². The number of hydrogen-bond acceptors (Lipinski definition) is 5. The number of piperidine rings is 1. The first-order chi connectivity index (χ1) is 9.47. The maximum Gasteiger partial charge on any atom is 0.252 e. The Kier molecular flexibility index (Phi) is 3.97. The number of carbonyl (C=O) groups excluding carboxylic acids is 3. The fourth-order valence-corrected chi connectivity index (χ4v) is 1.88. The molecule has 1 atom stereocenters. The van der Waals surface area contributed by atoms with Gasteiger partial charge in [-0.25, -0.2) is 4.98 Å². The highest BCUT2D eigenvalue weighted by molar-refractivity contribution is 6.03. The lowest BCUT2D eigenvalue weighted by Crippen LogP contribution is -2.52. The van der Waals surface area contributed by atoms with Gasteiger partial charge < -0.3 is 10.2 Å². The second-order valence-corrected chi connectivity index (χ2v) is 4.77. The Balaban J connectivity index is 2.06. The van der Waals surface area contributed by atoms with Crippen LogP contribution in [0.25, 0.3) is 0 Å². The van der Waals surface area contributed by atoms with Crippen molar-refractivity contribution >= 4 is 23.5 Å². The van der Waals surface area contributed by atoms with Crippen molar-refractivity contribution in [3.05, 3.63) is 23.9 Å². The zero-order chi connectivity index (χ0) is 14.7. The van der Waals surface area contributed by atoms with E-state index < -0.39 is 11.9 Å². The minimum absolute atomic E-state index is 0.232. The lowest BCUT2D eigenvalue weighted by molar-refractivity contribution is -0.134. The molecule has 3 amide bonds. The van der Waals surface area contributed by atoms with Crippen molar-refractivity contribution in [3.63, 3.8) is 0 Å². The number of anilines is 1. The molecule has 1 saturated heterocycles. The van der Waals surface area contributed by atoms with Crippen LogP contribution in [-0.4, -0.2) is 42.8 Å². The summed E-state index contributed by atoms with van der Waals surface area (Å²) in [7, 11) is 3.65. The van der Waals surface area contributed by atoms with Crippen LogP contribution >= 0.6 is 0 Å². The van der Waals surface area contributed by atoms with Gasteiger partial charge in [0.05, 0.1) is 0 Å². The van der Waals surface area contributed by atoms with Gasteiger partial charge in [-0.2, -0.15) is 0 Å². The average Bonchev–Trinajstić information content (AvgIpc) is 2.42. The number of amides is 3. The molecule has 20 heavy (non-hydrogen) atoms. The molecule has 2 heterocycles. The molecule has 106 valence electrons. The molecule has 0 radical (unpaired) electrons. The van der Waals surface area contributed by atoms with Crippen molar-refractivity contribution in [2.75, 3.05) is 19.0 Å². The maximum atomic E-state index is 12.1. The molecule has 7 heteroatoms. The highest BCUT2D eigenvalue weighted by atomic mass is 16.2. The lowest BCUT2D eigenvalue weighted by atomic mass is 10.1. The van der Waals surface area contributed by atoms with Crippen LogP contribution in [0.3, 0.4) is 0 Å². The first kappa shape index (κ1) is 14.0. The summed E-state index contributed by atoms with van der Waals surface area (Å²) in [5.74, 6) is -0.471. The zero-order valence-electron chi connectivity index (χ0n) is 11.3. The zero-order valence-corrected chi connectivity index (χ0v) is 11.3. The topological polar surface area (TPSA) is 91.4 Å². The summed E-state index contributed by atoms with van der Waals surface area (Å²) in [5, 5.41) is 4.82. The molecular formula is C13H16N4O3. The average molecular weight is 276 g/mol. The predicted octanol–water partition coefficient (Wildman–Crippen LogP) is -0.317. The lowest BCUT2D eigenvalue weighted by Gasteiger charge is -2.22. The third-order valence-electron chi connectivity index (χ3n) is 3.01. The fourth-order valence-electron chi connectivity index (χ4n) is 1.88. The maximum absolute atomic E-state index is 12.1. The van der Waals surface area contributed by atoms with Gasteiger partial charge in [-0.3, -0.25) is 19.7 Å². The third-order valence-corrected chi connectivity index (χ3v) is 3.01. The highest BCUT2D eigenvalue weighted by Gasteiger charge is 2.28. The summed E-state index contributed by atoms with van der Waals surface area (Å²) in [6.07, 6.45) is 2.09. The van der Waals surface area contributed by atoms with E-state index >= 15 is 0 Å². The second kappa shape index (κ2) is 5.68. The molecule has 1 aliphatic rings. The molecule has 2 rings (SSSR count). The number of aromatic nitrogens is 1. The first-order valence-electron chi connectivity index (χ1n) is 6.25. The Morgan fingerprint density at radius 1 is 1.45 bits per heavy atom. The summed E-state index contributed by atoms with van der Waals surface area (Å²) in [6.45, 7) is 0. The van der Waals surface area contributed by atoms with E-state index in [0.717, 1.165) is 0 Å². The molecule has 0 aromatic carbocycles. The van der Waals surface area contributed by atoms with E-state index in [1.165, 1.54) is 6.20 Å². The molecule has 2 N–H and O–H groups in total. The number of imide groups is 1. The van der Waals surface area contributed by atoms with Crippen LogP contribution in [0.5, 0.6) is 0 Å². The smallest absolute Gasteiger partial charge is 0.252 e. The van der Waals surface area contributed by atoms with Gasteiger partial charge in [0.2, 0.25) is 11.8 Å². The van der Waals surface area contributed by atoms with E-state index in [4.69, 9.17) is 0 Å². The summed E-state index contributed by atoms with van der Waals surface area (Å²) >= 11 is 0. The number of pyridine rings is 1. The molecule has 1 unspecified atom stereocenters. The van der Waals surface area contributed by atoms with Gasteiger partial charge in [-0.1, -0.05) is 0 Å². The van der Waals surface area contributed by atoms with Crippen molar-refractivity contribution in [2.24, 2.45) is 0 Å². The number of hydrogen-bond donors (Lipinski definition) is 2. The van der Waals surface area contributed by atoms with Gasteiger partial charge in [0.25, 0.3) is 5.91 Å². The summed E-state index contributed by atoms with van der Waals surface area (Å²) in [6, 6.07) is 2.55. The van der Waals surface area contributed by atoms with Gasteiger partial charge in [-0.15, -0.1) is 0 Å². The van der Waals surface area contributed by atoms with E-state index in [-0.39, 0.29) is 18.2 Å². The van der Waals surface area contributed by atoms with Crippen LogP contribution in [0.1, 0.15) is 23.2 Å². The van der Waals surface area contributed by atoms with Crippen LogP contribution in [0.15, 0.2) is 18.3 Å². The minimum atomic E-state index is -0.670. The van der Waals surface area contributed by atoms with Crippen molar-refractivity contribution in [2.45, 2.75) is 18.9 Å². The van der Waals surface area contributed by atoms with Gasteiger partial charge in [-0.05, 0) is 18.6 Å². The van der Waals surface area contributed by atoms with Crippen LogP contribution in [0, 0.1) is 0 Å². The van der Waals surface area contributed by atoms with E-state index in [0.29, 0.717) is 17.8 Å². The Morgan fingerprint density at radius 3 is 2.85 bits per heavy atom. The molecule has 1 fully saturated rings. The molecular weight excluding hydrogens is 260 g/mol. The number of nitrogens with one attached hydrogen (secondary N) is 2. The number of carbonyl (C=O) groups is 3. The minimum Gasteiger partial charge on any atom is -0.363 e. The molecule has 0 bridgehead atoms. The van der Waals surface area contributed by atoms with Crippen molar-refractivity contribution in [1.82, 2.24) is 15.6 Å². The third kappa shape index (κ3) is 3.11. The molecule has 7 nitrogen and oxygen atoms in total. The second-order valence-electron chi connectivity index (χ2n) is 4.77. The number of nitrogens with zero attached hydrogens (tertiary/aromatic N) is 2. The van der Waals surface area contributed by atoms with Gasteiger partial charge >= 0.3 is 0 Å². The first-order valence-corrected chi connectivity index (χ1v) is 6.25. The van der Waals surface area contributed by atoms with Gasteiger partial charge in [0, 0.05) is 32.3 Å². The Morgan fingerprint density at radius 2 is 2.20 bits per heavy atom. The quantitative estimate of drug-likeness (QED) is 0.738. The standard InChI is InChI=1S/C13H16N4O3/c1-17(2)10-7-8(5-6-14-10)12(19)15-9-3-4-11(18)16-13(9)20/h5-7,9H,3-4H2,1-2H3,(H,15,19)(H,16,18,20). The Labute approximate surface area is 116 Å². The number of rotatable bonds is 3. The summed E-state index contributed by atoms with van der Waals surface area (Å²) in [5.41, 5.74) is 0.424. The molecule has 0 saturated carbocycles. The molecule has 1 aromatic rings. The fraction of sp³-hybridized carbons (Fsp3) is 0.385. The van der Waals surface area contributed by atoms with Crippen LogP contribution in [-0.2, 0) is 9.59 Å². The van der Waals surface area contributed by atoms with E-state index in [2.05, 4.69) is 15.6 Å². The molecule has 1 aliphatic heterocycles. The van der Waals surface area contributed by atoms with Crippen LogP contribution in [0.2, 0.25) is 0 Å². The van der Waals surface area contributed by atoms with Crippen LogP contribution in [0.4, 0.5) is 5.82 Å². The largest absolute Gasteiger partial charge is 0.363 e. The molecule has 0 aliphatic carbocycles. The van der Waals surface area contributed by atoms with Crippen molar-refractivity contribution in [3.8, 4) is 0 Å². The molecule has 0 spiro atoms. The van der Waals surface area contributed by atoms with E-state index in [9.17, 15) is 14.4 Å². The molecule has 1 aromatic heterocycles. The Hall–Kier alpha value is -2.44. The summed E-state index contributed by atoms with van der Waals surface area (Å²) < 4.78 is 0. The van der Waals surface area contributed by atoms with Crippen molar-refractivity contribution < 1.29 is 14.4 Å². The normalized spacial score (nSPS) is 18.4. The van der Waals surface area contributed by atoms with E-state index in [1.54, 1.807) is 17.0 Å². The van der Waals surface area contributed by atoms with E-state index in [1.807, 2.05) is 14.1 Å². The highest BCUT2D eigenvalue weighted by Crippen LogP contribution is 2.11. The SMILES string of the molecule is CN(C)c1cc(C(=O)NC2CCC(=O)NC2=O)ccn1. The summed E-state index contributed by atoms with van der Waals surface area (Å²) in [4.78, 5) is 40.6. The Bertz CT molecular complexity index is 556. The predicted molar refractivity (Wildman–Crippen MR) is 72.2 cm³/mol. The van der Waals surface area contributed by atoms with Gasteiger partial charge in [0.1, 0.15) is 11.9 Å². The van der Waals surface area contributed by atoms with Crippen molar-refractivity contribution in [1.29, 1.82) is 0 Å².